The Hall–Kier alpha value is -0.0900. The van der Waals surface area contributed by atoms with Crippen LogP contribution in [0.4, 0.5) is 0 Å². The maximum Gasteiger partial charge on any atom is 0.0931 e. The summed E-state index contributed by atoms with van der Waals surface area (Å²) in [7, 11) is 2.17. The molecule has 0 aliphatic carbocycles. The molecule has 0 amide bonds. The lowest BCUT2D eigenvalue weighted by Crippen LogP contribution is -2.36. The molecule has 1 heterocycles. The van der Waals surface area contributed by atoms with Gasteiger partial charge in [-0.05, 0) is 65.9 Å². The van der Waals surface area contributed by atoms with Crippen LogP contribution in [0, 0.1) is 0 Å². The van der Waals surface area contributed by atoms with Crippen molar-refractivity contribution in [3.8, 4) is 0 Å². The molecule has 0 aliphatic heterocycles. The molecule has 0 bridgehead atoms. The summed E-state index contributed by atoms with van der Waals surface area (Å²) in [4.78, 5) is 3.70. The van der Waals surface area contributed by atoms with Gasteiger partial charge >= 0.3 is 0 Å². The van der Waals surface area contributed by atoms with Crippen LogP contribution in [-0.4, -0.2) is 30.6 Å². The van der Waals surface area contributed by atoms with Gasteiger partial charge in [-0.3, -0.25) is 0 Å². The lowest BCUT2D eigenvalue weighted by Gasteiger charge is -2.21. The van der Waals surface area contributed by atoms with E-state index in [0.717, 1.165) is 24.0 Å². The van der Waals surface area contributed by atoms with E-state index in [0.29, 0.717) is 0 Å². The predicted molar refractivity (Wildman–Crippen MR) is 82.7 cm³/mol. The highest BCUT2D eigenvalue weighted by Gasteiger charge is 2.07. The van der Waals surface area contributed by atoms with Gasteiger partial charge in [0.05, 0.1) is 4.34 Å². The third-order valence-corrected chi connectivity index (χ3v) is 3.89. The van der Waals surface area contributed by atoms with Crippen molar-refractivity contribution >= 4 is 22.9 Å². The molecular formula is C14H25ClN2S. The van der Waals surface area contributed by atoms with Crippen molar-refractivity contribution in [1.29, 1.82) is 0 Å². The van der Waals surface area contributed by atoms with Crippen LogP contribution in [0.25, 0.3) is 0 Å². The molecule has 0 saturated heterocycles. The SMILES string of the molecule is CN(CCCCNC(C)(C)C)Cc1ccc(Cl)s1. The van der Waals surface area contributed by atoms with Crippen molar-refractivity contribution in [2.45, 2.75) is 45.7 Å². The van der Waals surface area contributed by atoms with E-state index < -0.39 is 0 Å². The number of hydrogen-bond donors (Lipinski definition) is 1. The van der Waals surface area contributed by atoms with Gasteiger partial charge < -0.3 is 10.2 Å². The van der Waals surface area contributed by atoms with Crippen molar-refractivity contribution in [2.24, 2.45) is 0 Å². The molecular weight excluding hydrogens is 264 g/mol. The Morgan fingerprint density at radius 1 is 1.28 bits per heavy atom. The Labute approximate surface area is 120 Å². The number of nitrogens with one attached hydrogen (secondary N) is 1. The number of halogens is 1. The number of thiophene rings is 1. The van der Waals surface area contributed by atoms with E-state index in [1.165, 1.54) is 17.7 Å². The van der Waals surface area contributed by atoms with E-state index in [4.69, 9.17) is 11.6 Å². The Bertz CT molecular complexity index is 344. The minimum Gasteiger partial charge on any atom is -0.312 e. The molecule has 1 rings (SSSR count). The molecule has 0 atom stereocenters. The van der Waals surface area contributed by atoms with Gasteiger partial charge in [0.1, 0.15) is 0 Å². The monoisotopic (exact) mass is 288 g/mol. The van der Waals surface area contributed by atoms with Crippen LogP contribution in [0.1, 0.15) is 38.5 Å². The smallest absolute Gasteiger partial charge is 0.0931 e. The maximum absolute atomic E-state index is 5.92. The summed E-state index contributed by atoms with van der Waals surface area (Å²) < 4.78 is 0.882. The van der Waals surface area contributed by atoms with Gasteiger partial charge in [0.15, 0.2) is 0 Å². The zero-order valence-corrected chi connectivity index (χ0v) is 13.5. The maximum atomic E-state index is 5.92. The highest BCUT2D eigenvalue weighted by Crippen LogP contribution is 2.22. The molecule has 0 radical (unpaired) electrons. The quantitative estimate of drug-likeness (QED) is 0.763. The Morgan fingerprint density at radius 2 is 2.00 bits per heavy atom. The van der Waals surface area contributed by atoms with Gasteiger partial charge in [0, 0.05) is 17.0 Å². The fraction of sp³-hybridized carbons (Fsp3) is 0.714. The van der Waals surface area contributed by atoms with E-state index >= 15 is 0 Å². The van der Waals surface area contributed by atoms with Gasteiger partial charge in [-0.15, -0.1) is 11.3 Å². The average molecular weight is 289 g/mol. The molecule has 1 aromatic heterocycles. The second-order valence-corrected chi connectivity index (χ2v) is 7.63. The first-order valence-corrected chi connectivity index (χ1v) is 7.74. The summed E-state index contributed by atoms with van der Waals surface area (Å²) in [5.41, 5.74) is 0.236. The fourth-order valence-electron chi connectivity index (χ4n) is 1.75. The lowest BCUT2D eigenvalue weighted by atomic mass is 10.1. The number of unbranched alkanes of at least 4 members (excludes halogenated alkanes) is 1. The zero-order valence-electron chi connectivity index (χ0n) is 11.9. The summed E-state index contributed by atoms with van der Waals surface area (Å²) in [6, 6.07) is 4.09. The molecule has 18 heavy (non-hydrogen) atoms. The van der Waals surface area contributed by atoms with Crippen LogP contribution in [0.3, 0.4) is 0 Å². The second kappa shape index (κ2) is 7.49. The topological polar surface area (TPSA) is 15.3 Å². The third-order valence-electron chi connectivity index (χ3n) is 2.68. The van der Waals surface area contributed by atoms with E-state index in [1.54, 1.807) is 11.3 Å². The van der Waals surface area contributed by atoms with Gasteiger partial charge in [0.25, 0.3) is 0 Å². The van der Waals surface area contributed by atoms with Gasteiger partial charge in [0.2, 0.25) is 0 Å². The minimum atomic E-state index is 0.236. The van der Waals surface area contributed by atoms with E-state index in [1.807, 2.05) is 6.07 Å². The largest absolute Gasteiger partial charge is 0.312 e. The van der Waals surface area contributed by atoms with E-state index in [9.17, 15) is 0 Å². The first-order chi connectivity index (χ1) is 8.37. The van der Waals surface area contributed by atoms with Crippen LogP contribution in [0.5, 0.6) is 0 Å². The second-order valence-electron chi connectivity index (χ2n) is 5.83. The van der Waals surface area contributed by atoms with E-state index in [2.05, 4.69) is 44.1 Å². The van der Waals surface area contributed by atoms with Crippen molar-refractivity contribution in [3.63, 3.8) is 0 Å². The molecule has 0 fully saturated rings. The molecule has 0 aliphatic rings. The summed E-state index contributed by atoms with van der Waals surface area (Å²) in [6.07, 6.45) is 2.46. The Morgan fingerprint density at radius 3 is 2.56 bits per heavy atom. The highest BCUT2D eigenvalue weighted by molar-refractivity contribution is 7.16. The van der Waals surface area contributed by atoms with Crippen LogP contribution in [0.15, 0.2) is 12.1 Å². The molecule has 104 valence electrons. The number of hydrogen-bond acceptors (Lipinski definition) is 3. The first-order valence-electron chi connectivity index (χ1n) is 6.54. The van der Waals surface area contributed by atoms with Crippen LogP contribution >= 0.6 is 22.9 Å². The summed E-state index contributed by atoms with van der Waals surface area (Å²) in [5.74, 6) is 0. The summed E-state index contributed by atoms with van der Waals surface area (Å²) >= 11 is 7.60. The molecule has 0 saturated carbocycles. The first kappa shape index (κ1) is 16.0. The average Bonchev–Trinajstić information content (AvgIpc) is 2.61. The summed E-state index contributed by atoms with van der Waals surface area (Å²) in [5, 5.41) is 3.51. The van der Waals surface area contributed by atoms with Crippen molar-refractivity contribution in [2.75, 3.05) is 20.1 Å². The number of rotatable bonds is 7. The zero-order chi connectivity index (χ0) is 13.6. The Kier molecular flexibility index (Phi) is 6.64. The van der Waals surface area contributed by atoms with Crippen molar-refractivity contribution in [1.82, 2.24) is 10.2 Å². The van der Waals surface area contributed by atoms with Crippen molar-refractivity contribution in [3.05, 3.63) is 21.3 Å². The van der Waals surface area contributed by atoms with Crippen molar-refractivity contribution < 1.29 is 0 Å². The van der Waals surface area contributed by atoms with Gasteiger partial charge in [-0.25, -0.2) is 0 Å². The van der Waals surface area contributed by atoms with Crippen LogP contribution < -0.4 is 5.32 Å². The fourth-order valence-corrected chi connectivity index (χ4v) is 2.92. The molecule has 0 unspecified atom stereocenters. The standard InChI is InChI=1S/C14H25ClN2S/c1-14(2,3)16-9-5-6-10-17(4)11-12-7-8-13(15)18-12/h7-8,16H,5-6,9-11H2,1-4H3. The number of nitrogens with zero attached hydrogens (tertiary/aromatic N) is 1. The predicted octanol–water partition coefficient (Wildman–Crippen LogP) is 4.00. The molecule has 2 nitrogen and oxygen atoms in total. The third kappa shape index (κ3) is 7.37. The van der Waals surface area contributed by atoms with Crippen LogP contribution in [0.2, 0.25) is 4.34 Å². The lowest BCUT2D eigenvalue weighted by molar-refractivity contribution is 0.316. The molecule has 1 N–H and O–H groups in total. The Balaban J connectivity index is 2.09. The minimum absolute atomic E-state index is 0.236. The van der Waals surface area contributed by atoms with Gasteiger partial charge in [-0.2, -0.15) is 0 Å². The van der Waals surface area contributed by atoms with Gasteiger partial charge in [-0.1, -0.05) is 11.6 Å². The molecule has 4 heteroatoms. The highest BCUT2D eigenvalue weighted by atomic mass is 35.5. The molecule has 1 aromatic rings. The molecule has 0 aromatic carbocycles. The normalized spacial score (nSPS) is 12.3. The summed E-state index contributed by atoms with van der Waals surface area (Å²) in [6.45, 7) is 9.87. The van der Waals surface area contributed by atoms with E-state index in [-0.39, 0.29) is 5.54 Å². The molecule has 0 spiro atoms. The van der Waals surface area contributed by atoms with Crippen LogP contribution in [-0.2, 0) is 6.54 Å².